The molecule has 1 N–H and O–H groups in total. The molecular weight excluding hydrogens is 276 g/mol. The maximum atomic E-state index is 3.61. The van der Waals surface area contributed by atoms with E-state index < -0.39 is 0 Å². The number of thiophene rings is 1. The summed E-state index contributed by atoms with van der Waals surface area (Å²) in [6.07, 6.45) is 5.25. The van der Waals surface area contributed by atoms with Crippen LogP contribution in [0.5, 0.6) is 0 Å². The lowest BCUT2D eigenvalue weighted by atomic mass is 10.1. The van der Waals surface area contributed by atoms with Crippen LogP contribution in [0, 0.1) is 5.92 Å². The molecule has 120 valence electrons. The van der Waals surface area contributed by atoms with E-state index in [2.05, 4.69) is 50.0 Å². The largest absolute Gasteiger partial charge is 0.309 e. The third-order valence-corrected chi connectivity index (χ3v) is 5.35. The van der Waals surface area contributed by atoms with Crippen LogP contribution in [0.2, 0.25) is 0 Å². The van der Waals surface area contributed by atoms with Gasteiger partial charge in [0.1, 0.15) is 0 Å². The van der Waals surface area contributed by atoms with E-state index >= 15 is 0 Å². The Morgan fingerprint density at radius 1 is 1.19 bits per heavy atom. The maximum absolute atomic E-state index is 3.61. The highest BCUT2D eigenvalue weighted by Crippen LogP contribution is 2.24. The van der Waals surface area contributed by atoms with Crippen LogP contribution in [0.1, 0.15) is 63.1 Å². The van der Waals surface area contributed by atoms with Crippen LogP contribution in [0.4, 0.5) is 0 Å². The molecule has 0 spiro atoms. The number of hydrogen-bond acceptors (Lipinski definition) is 3. The first-order valence-electron chi connectivity index (χ1n) is 8.67. The minimum Gasteiger partial charge on any atom is -0.309 e. The van der Waals surface area contributed by atoms with Gasteiger partial charge in [-0.15, -0.1) is 11.3 Å². The quantitative estimate of drug-likeness (QED) is 0.677. The summed E-state index contributed by atoms with van der Waals surface area (Å²) in [5.74, 6) is 0.738. The lowest BCUT2D eigenvalue weighted by molar-refractivity contribution is 0.159. The van der Waals surface area contributed by atoms with E-state index in [1.807, 2.05) is 11.3 Å². The van der Waals surface area contributed by atoms with Crippen LogP contribution < -0.4 is 5.32 Å². The standard InChI is InChI=1S/C18H32N2S/c1-5-16(6-2)20(12-14(3)4)13-18-10-9-17(21-18)11-19-15-7-8-15/h9-10,14-16,19H,5-8,11-13H2,1-4H3. The van der Waals surface area contributed by atoms with Gasteiger partial charge in [-0.25, -0.2) is 0 Å². The van der Waals surface area contributed by atoms with Gasteiger partial charge in [0.15, 0.2) is 0 Å². The van der Waals surface area contributed by atoms with Gasteiger partial charge in [0, 0.05) is 41.5 Å². The Hall–Kier alpha value is -0.380. The average molecular weight is 309 g/mol. The first-order chi connectivity index (χ1) is 10.1. The van der Waals surface area contributed by atoms with Crippen LogP contribution >= 0.6 is 11.3 Å². The second-order valence-electron chi connectivity index (χ2n) is 6.82. The Bertz CT molecular complexity index is 405. The lowest BCUT2D eigenvalue weighted by Crippen LogP contribution is -2.36. The normalized spacial score (nSPS) is 15.6. The first kappa shape index (κ1) is 17.0. The van der Waals surface area contributed by atoms with Crippen LogP contribution in [0.25, 0.3) is 0 Å². The molecule has 0 bridgehead atoms. The minimum atomic E-state index is 0.725. The zero-order chi connectivity index (χ0) is 15.2. The van der Waals surface area contributed by atoms with Gasteiger partial charge in [-0.2, -0.15) is 0 Å². The summed E-state index contributed by atoms with van der Waals surface area (Å²) < 4.78 is 0. The summed E-state index contributed by atoms with van der Waals surface area (Å²) in [5.41, 5.74) is 0. The van der Waals surface area contributed by atoms with Gasteiger partial charge in [0.2, 0.25) is 0 Å². The lowest BCUT2D eigenvalue weighted by Gasteiger charge is -2.31. The molecule has 1 aromatic heterocycles. The van der Waals surface area contributed by atoms with Crippen LogP contribution in [-0.2, 0) is 13.1 Å². The fourth-order valence-electron chi connectivity index (χ4n) is 2.95. The highest BCUT2D eigenvalue weighted by Gasteiger charge is 2.21. The molecule has 1 aromatic rings. The summed E-state index contributed by atoms with van der Waals surface area (Å²) in [6.45, 7) is 12.7. The van der Waals surface area contributed by atoms with E-state index in [0.29, 0.717) is 0 Å². The molecule has 0 amide bonds. The SMILES string of the molecule is CCC(CC)N(Cc1ccc(CNC2CC2)s1)CC(C)C. The van der Waals surface area contributed by atoms with E-state index in [4.69, 9.17) is 0 Å². The van der Waals surface area contributed by atoms with E-state index in [9.17, 15) is 0 Å². The van der Waals surface area contributed by atoms with Crippen molar-refractivity contribution in [3.8, 4) is 0 Å². The van der Waals surface area contributed by atoms with Crippen molar-refractivity contribution in [1.29, 1.82) is 0 Å². The third kappa shape index (κ3) is 5.72. The monoisotopic (exact) mass is 308 g/mol. The summed E-state index contributed by atoms with van der Waals surface area (Å²) in [6, 6.07) is 6.18. The molecular formula is C18H32N2S. The molecule has 3 heteroatoms. The van der Waals surface area contributed by atoms with Gasteiger partial charge in [-0.3, -0.25) is 4.90 Å². The molecule has 0 saturated heterocycles. The fraction of sp³-hybridized carbons (Fsp3) is 0.778. The van der Waals surface area contributed by atoms with Gasteiger partial charge < -0.3 is 5.32 Å². The highest BCUT2D eigenvalue weighted by atomic mass is 32.1. The summed E-state index contributed by atoms with van der Waals surface area (Å²) >= 11 is 1.99. The van der Waals surface area contributed by atoms with Gasteiger partial charge in [0.05, 0.1) is 0 Å². The molecule has 1 saturated carbocycles. The second kappa shape index (κ2) is 8.30. The zero-order valence-corrected chi connectivity index (χ0v) is 15.0. The van der Waals surface area contributed by atoms with Crippen molar-refractivity contribution in [3.63, 3.8) is 0 Å². The molecule has 1 aliphatic rings. The topological polar surface area (TPSA) is 15.3 Å². The Morgan fingerprint density at radius 3 is 2.43 bits per heavy atom. The van der Waals surface area contributed by atoms with E-state index in [0.717, 1.165) is 31.1 Å². The third-order valence-electron chi connectivity index (χ3n) is 4.28. The van der Waals surface area contributed by atoms with Gasteiger partial charge in [0.25, 0.3) is 0 Å². The molecule has 21 heavy (non-hydrogen) atoms. The molecule has 1 aliphatic carbocycles. The van der Waals surface area contributed by atoms with E-state index in [-0.39, 0.29) is 0 Å². The average Bonchev–Trinajstić information content (AvgIpc) is 3.17. The molecule has 1 fully saturated rings. The smallest absolute Gasteiger partial charge is 0.0331 e. The van der Waals surface area contributed by atoms with Crippen molar-refractivity contribution in [2.45, 2.75) is 78.6 Å². The number of nitrogens with zero attached hydrogens (tertiary/aromatic N) is 1. The van der Waals surface area contributed by atoms with Crippen molar-refractivity contribution < 1.29 is 0 Å². The molecule has 0 aliphatic heterocycles. The molecule has 0 radical (unpaired) electrons. The van der Waals surface area contributed by atoms with Crippen LogP contribution in [0.3, 0.4) is 0 Å². The zero-order valence-electron chi connectivity index (χ0n) is 14.2. The van der Waals surface area contributed by atoms with Crippen LogP contribution in [0.15, 0.2) is 12.1 Å². The van der Waals surface area contributed by atoms with Gasteiger partial charge in [-0.05, 0) is 43.7 Å². The van der Waals surface area contributed by atoms with E-state index in [1.165, 1.54) is 42.0 Å². The summed E-state index contributed by atoms with van der Waals surface area (Å²) in [5, 5.41) is 3.61. The molecule has 2 rings (SSSR count). The molecule has 1 heterocycles. The Morgan fingerprint density at radius 2 is 1.86 bits per heavy atom. The summed E-state index contributed by atoms with van der Waals surface area (Å²) in [7, 11) is 0. The minimum absolute atomic E-state index is 0.725. The highest BCUT2D eigenvalue weighted by molar-refractivity contribution is 7.11. The first-order valence-corrected chi connectivity index (χ1v) is 9.49. The number of nitrogens with one attached hydrogen (secondary N) is 1. The van der Waals surface area contributed by atoms with Crippen molar-refractivity contribution in [2.24, 2.45) is 5.92 Å². The van der Waals surface area contributed by atoms with Crippen molar-refractivity contribution >= 4 is 11.3 Å². The number of rotatable bonds is 10. The van der Waals surface area contributed by atoms with Crippen molar-refractivity contribution in [1.82, 2.24) is 10.2 Å². The van der Waals surface area contributed by atoms with Gasteiger partial charge >= 0.3 is 0 Å². The predicted molar refractivity (Wildman–Crippen MR) is 93.8 cm³/mol. The van der Waals surface area contributed by atoms with Crippen molar-refractivity contribution in [3.05, 3.63) is 21.9 Å². The molecule has 0 atom stereocenters. The Kier molecular flexibility index (Phi) is 6.72. The summed E-state index contributed by atoms with van der Waals surface area (Å²) in [4.78, 5) is 5.70. The molecule has 0 unspecified atom stereocenters. The van der Waals surface area contributed by atoms with E-state index in [1.54, 1.807) is 0 Å². The Labute approximate surface area is 134 Å². The maximum Gasteiger partial charge on any atom is 0.0331 e. The van der Waals surface area contributed by atoms with Crippen molar-refractivity contribution in [2.75, 3.05) is 6.54 Å². The van der Waals surface area contributed by atoms with Gasteiger partial charge in [-0.1, -0.05) is 27.7 Å². The molecule has 2 nitrogen and oxygen atoms in total. The molecule has 0 aromatic carbocycles. The Balaban J connectivity index is 1.91. The van der Waals surface area contributed by atoms with Crippen LogP contribution in [-0.4, -0.2) is 23.5 Å². The fourth-order valence-corrected chi connectivity index (χ4v) is 3.95. The number of hydrogen-bond donors (Lipinski definition) is 1. The predicted octanol–water partition coefficient (Wildman–Crippen LogP) is 4.65. The second-order valence-corrected chi connectivity index (χ2v) is 8.07.